The SMILES string of the molecule is CCN=C(C)C(O)(CC)CC.[Eu]. The zero-order valence-electron chi connectivity index (χ0n) is 8.39. The van der Waals surface area contributed by atoms with Gasteiger partial charge < -0.3 is 5.11 Å². The van der Waals surface area contributed by atoms with Gasteiger partial charge in [0.2, 0.25) is 0 Å². The van der Waals surface area contributed by atoms with Crippen LogP contribution >= 0.6 is 0 Å². The quantitative estimate of drug-likeness (QED) is 0.792. The normalized spacial score (nSPS) is 12.6. The van der Waals surface area contributed by atoms with Gasteiger partial charge in [-0.15, -0.1) is 0 Å². The van der Waals surface area contributed by atoms with Crippen LogP contribution in [0.15, 0.2) is 4.99 Å². The average molecular weight is 309 g/mol. The Balaban J connectivity index is 0. The maximum absolute atomic E-state index is 9.90. The minimum absolute atomic E-state index is 0. The van der Waals surface area contributed by atoms with Crippen molar-refractivity contribution in [2.24, 2.45) is 4.99 Å². The van der Waals surface area contributed by atoms with Crippen molar-refractivity contribution in [3.05, 3.63) is 0 Å². The van der Waals surface area contributed by atoms with Gasteiger partial charge in [0.05, 0.1) is 0 Å². The summed E-state index contributed by atoms with van der Waals surface area (Å²) in [7, 11) is 0. The fourth-order valence-electron chi connectivity index (χ4n) is 1.15. The molecule has 0 fully saturated rings. The van der Waals surface area contributed by atoms with Crippen LogP contribution < -0.4 is 0 Å². The van der Waals surface area contributed by atoms with Crippen LogP contribution in [-0.4, -0.2) is 23.0 Å². The Labute approximate surface area is 116 Å². The van der Waals surface area contributed by atoms with Crippen molar-refractivity contribution in [2.75, 3.05) is 6.54 Å². The summed E-state index contributed by atoms with van der Waals surface area (Å²) in [6, 6.07) is 0. The van der Waals surface area contributed by atoms with E-state index in [1.54, 1.807) is 0 Å². The number of hydrogen-bond acceptors (Lipinski definition) is 2. The average Bonchev–Trinajstić information content (AvgIpc) is 2.03. The second kappa shape index (κ2) is 7.60. The van der Waals surface area contributed by atoms with Gasteiger partial charge in [-0.2, -0.15) is 0 Å². The number of rotatable bonds is 4. The van der Waals surface area contributed by atoms with Gasteiger partial charge in [-0.25, -0.2) is 0 Å². The number of aliphatic hydroxyl groups is 1. The van der Waals surface area contributed by atoms with E-state index in [0.29, 0.717) is 0 Å². The third-order valence-corrected chi connectivity index (χ3v) is 2.24. The molecule has 0 rings (SSSR count). The van der Waals surface area contributed by atoms with Gasteiger partial charge in [0.15, 0.2) is 0 Å². The van der Waals surface area contributed by atoms with Crippen molar-refractivity contribution in [2.45, 2.75) is 46.1 Å². The summed E-state index contributed by atoms with van der Waals surface area (Å²) in [5, 5.41) is 9.90. The molecule has 0 unspecified atom stereocenters. The number of aliphatic imine (C=N–C) groups is 1. The fraction of sp³-hybridized carbons (Fsp3) is 0.889. The molecule has 0 aromatic rings. The van der Waals surface area contributed by atoms with Gasteiger partial charge in [-0.1, -0.05) is 13.8 Å². The molecule has 12 heavy (non-hydrogen) atoms. The molecular weight excluding hydrogens is 290 g/mol. The molecule has 3 heteroatoms. The van der Waals surface area contributed by atoms with Crippen molar-refractivity contribution in [3.63, 3.8) is 0 Å². The summed E-state index contributed by atoms with van der Waals surface area (Å²) >= 11 is 0. The molecule has 0 atom stereocenters. The predicted octanol–water partition coefficient (Wildman–Crippen LogP) is 2.02. The summed E-state index contributed by atoms with van der Waals surface area (Å²) in [6.07, 6.45) is 1.50. The zero-order valence-corrected chi connectivity index (χ0v) is 10.8. The van der Waals surface area contributed by atoms with E-state index in [1.807, 2.05) is 27.7 Å². The van der Waals surface area contributed by atoms with Crippen LogP contribution in [0.25, 0.3) is 0 Å². The molecule has 0 aliphatic carbocycles. The molecule has 1 N–H and O–H groups in total. The Morgan fingerprint density at radius 3 is 1.92 bits per heavy atom. The smallest absolute Gasteiger partial charge is 0.101 e. The molecule has 0 aliphatic heterocycles. The zero-order chi connectivity index (χ0) is 8.91. The van der Waals surface area contributed by atoms with Crippen molar-refractivity contribution in [1.82, 2.24) is 0 Å². The minimum Gasteiger partial charge on any atom is -0.384 e. The molecule has 0 amide bonds. The van der Waals surface area contributed by atoms with E-state index < -0.39 is 5.60 Å². The molecule has 0 saturated carbocycles. The molecule has 0 aromatic heterocycles. The molecule has 2 nitrogen and oxygen atoms in total. The van der Waals surface area contributed by atoms with E-state index in [0.717, 1.165) is 25.1 Å². The predicted molar refractivity (Wildman–Crippen MR) is 49.2 cm³/mol. The number of nitrogens with zero attached hydrogens (tertiary/aromatic N) is 1. The van der Waals surface area contributed by atoms with Gasteiger partial charge in [-0.05, 0) is 26.7 Å². The first kappa shape index (κ1) is 15.7. The van der Waals surface area contributed by atoms with Gasteiger partial charge >= 0.3 is 0 Å². The topological polar surface area (TPSA) is 32.6 Å². The van der Waals surface area contributed by atoms with Crippen LogP contribution in [-0.2, 0) is 0 Å². The largest absolute Gasteiger partial charge is 0.384 e. The van der Waals surface area contributed by atoms with E-state index in [4.69, 9.17) is 0 Å². The van der Waals surface area contributed by atoms with Crippen molar-refractivity contribution in [1.29, 1.82) is 0 Å². The third kappa shape index (κ3) is 4.45. The first-order valence-electron chi connectivity index (χ1n) is 4.34. The second-order valence-electron chi connectivity index (χ2n) is 2.80. The Hall–Kier alpha value is 1.21. The minimum atomic E-state index is -0.657. The van der Waals surface area contributed by atoms with Gasteiger partial charge in [0, 0.05) is 61.6 Å². The van der Waals surface area contributed by atoms with E-state index in [9.17, 15) is 5.11 Å². The van der Waals surface area contributed by atoms with E-state index in [2.05, 4.69) is 4.99 Å². The molecule has 73 valence electrons. The van der Waals surface area contributed by atoms with Crippen LogP contribution in [0.1, 0.15) is 40.5 Å². The third-order valence-electron chi connectivity index (χ3n) is 2.24. The van der Waals surface area contributed by atoms with Crippen LogP contribution in [0.4, 0.5) is 0 Å². The van der Waals surface area contributed by atoms with Gasteiger partial charge in [0.1, 0.15) is 5.60 Å². The Bertz CT molecular complexity index is 141. The van der Waals surface area contributed by atoms with Gasteiger partial charge in [-0.3, -0.25) is 4.99 Å². The van der Waals surface area contributed by atoms with E-state index in [-0.39, 0.29) is 49.4 Å². The number of hydrogen-bond donors (Lipinski definition) is 1. The first-order chi connectivity index (χ1) is 5.10. The van der Waals surface area contributed by atoms with Crippen LogP contribution in [0.3, 0.4) is 0 Å². The summed E-state index contributed by atoms with van der Waals surface area (Å²) < 4.78 is 0. The summed E-state index contributed by atoms with van der Waals surface area (Å²) in [5.41, 5.74) is 0.209. The molecule has 0 aliphatic rings. The fourth-order valence-corrected chi connectivity index (χ4v) is 1.15. The monoisotopic (exact) mass is 310 g/mol. The summed E-state index contributed by atoms with van der Waals surface area (Å²) in [5.74, 6) is 0. The Morgan fingerprint density at radius 2 is 1.67 bits per heavy atom. The van der Waals surface area contributed by atoms with E-state index in [1.165, 1.54) is 0 Å². The maximum Gasteiger partial charge on any atom is 0.101 e. The van der Waals surface area contributed by atoms with Gasteiger partial charge in [0.25, 0.3) is 0 Å². The second-order valence-corrected chi connectivity index (χ2v) is 2.80. The molecule has 0 heterocycles. The molecule has 0 bridgehead atoms. The molecule has 1 radical (unpaired) electrons. The Morgan fingerprint density at radius 1 is 1.25 bits per heavy atom. The molecule has 0 aromatic carbocycles. The van der Waals surface area contributed by atoms with Crippen molar-refractivity contribution in [3.8, 4) is 0 Å². The molecular formula is C9H19EuNO. The first-order valence-corrected chi connectivity index (χ1v) is 4.34. The summed E-state index contributed by atoms with van der Waals surface area (Å²) in [6.45, 7) is 8.61. The molecule has 0 spiro atoms. The van der Waals surface area contributed by atoms with Crippen molar-refractivity contribution < 1.29 is 54.5 Å². The Kier molecular flexibility index (Phi) is 9.93. The van der Waals surface area contributed by atoms with Crippen molar-refractivity contribution >= 4 is 5.71 Å². The standard InChI is InChI=1S/C9H19NO.Eu/c1-5-9(11,6-2)8(4)10-7-3;/h11H,5-7H2,1-4H3;. The van der Waals surface area contributed by atoms with Crippen LogP contribution in [0, 0.1) is 49.4 Å². The van der Waals surface area contributed by atoms with Crippen LogP contribution in [0.2, 0.25) is 0 Å². The maximum atomic E-state index is 9.90. The van der Waals surface area contributed by atoms with Crippen LogP contribution in [0.5, 0.6) is 0 Å². The summed E-state index contributed by atoms with van der Waals surface area (Å²) in [4.78, 5) is 4.20. The van der Waals surface area contributed by atoms with E-state index >= 15 is 0 Å². The molecule has 0 saturated heterocycles.